The molecule has 2 rings (SSSR count). The van der Waals surface area contributed by atoms with E-state index in [1.54, 1.807) is 0 Å². The lowest BCUT2D eigenvalue weighted by molar-refractivity contribution is 0.235. The average Bonchev–Trinajstić information content (AvgIpc) is 2.82. The number of hydrogen-bond donors (Lipinski definition) is 0. The van der Waals surface area contributed by atoms with Crippen molar-refractivity contribution in [1.82, 2.24) is 4.90 Å². The zero-order valence-corrected chi connectivity index (χ0v) is 10.7. The van der Waals surface area contributed by atoms with Crippen molar-refractivity contribution in [1.29, 1.82) is 0 Å². The van der Waals surface area contributed by atoms with Crippen LogP contribution < -0.4 is 0 Å². The Labute approximate surface area is 103 Å². The van der Waals surface area contributed by atoms with Crippen LogP contribution in [0.15, 0.2) is 24.3 Å². The van der Waals surface area contributed by atoms with Gasteiger partial charge in [-0.2, -0.15) is 0 Å². The van der Waals surface area contributed by atoms with E-state index in [0.29, 0.717) is 6.04 Å². The van der Waals surface area contributed by atoms with Crippen molar-refractivity contribution in [3.05, 3.63) is 34.9 Å². The summed E-state index contributed by atoms with van der Waals surface area (Å²) in [7, 11) is 0. The Balaban J connectivity index is 1.97. The van der Waals surface area contributed by atoms with Crippen LogP contribution in [0.25, 0.3) is 0 Å². The molecule has 0 N–H and O–H groups in total. The predicted molar refractivity (Wildman–Crippen MR) is 70.0 cm³/mol. The number of likely N-dealkylation sites (tertiary alicyclic amines) is 1. The molecule has 0 bridgehead atoms. The molecule has 1 aromatic rings. The van der Waals surface area contributed by atoms with Crippen LogP contribution in [0.5, 0.6) is 0 Å². The van der Waals surface area contributed by atoms with E-state index in [1.807, 2.05) is 12.1 Å². The summed E-state index contributed by atoms with van der Waals surface area (Å²) in [5, 5.41) is 0.831. The van der Waals surface area contributed by atoms with E-state index in [9.17, 15) is 0 Å². The van der Waals surface area contributed by atoms with E-state index < -0.39 is 0 Å². The molecule has 0 amide bonds. The summed E-state index contributed by atoms with van der Waals surface area (Å²) in [6.45, 7) is 4.86. The highest BCUT2D eigenvalue weighted by molar-refractivity contribution is 6.30. The van der Waals surface area contributed by atoms with Gasteiger partial charge in [0, 0.05) is 11.1 Å². The summed E-state index contributed by atoms with van der Waals surface area (Å²) in [5.41, 5.74) is 1.41. The lowest BCUT2D eigenvalue weighted by Gasteiger charge is -2.26. The van der Waals surface area contributed by atoms with Gasteiger partial charge >= 0.3 is 0 Å². The number of rotatable bonds is 4. The monoisotopic (exact) mass is 237 g/mol. The molecule has 1 heterocycles. The molecule has 0 aliphatic carbocycles. The number of halogens is 1. The van der Waals surface area contributed by atoms with Crippen LogP contribution >= 0.6 is 11.6 Å². The van der Waals surface area contributed by atoms with Crippen molar-refractivity contribution in [2.45, 2.75) is 38.6 Å². The third-order valence-electron chi connectivity index (χ3n) is 3.51. The molecule has 1 atom stereocenters. The van der Waals surface area contributed by atoms with E-state index in [2.05, 4.69) is 24.0 Å². The Morgan fingerprint density at radius 1 is 1.19 bits per heavy atom. The molecule has 1 fully saturated rings. The molecule has 1 aliphatic heterocycles. The first-order valence-corrected chi connectivity index (χ1v) is 6.66. The van der Waals surface area contributed by atoms with Gasteiger partial charge in [-0.3, -0.25) is 0 Å². The normalized spacial score (nSPS) is 18.9. The standard InChI is InChI=1S/C14H20ClN/c1-2-14(16-9-3-4-10-16)11-12-5-7-13(15)8-6-12/h5-8,14H,2-4,9-11H2,1H3. The predicted octanol–water partition coefficient (Wildman–Crippen LogP) is 3.76. The van der Waals surface area contributed by atoms with E-state index in [0.717, 1.165) is 11.4 Å². The molecule has 88 valence electrons. The Hall–Kier alpha value is -0.530. The van der Waals surface area contributed by atoms with E-state index >= 15 is 0 Å². The first-order valence-electron chi connectivity index (χ1n) is 6.28. The van der Waals surface area contributed by atoms with Gasteiger partial charge in [-0.1, -0.05) is 30.7 Å². The van der Waals surface area contributed by atoms with Crippen molar-refractivity contribution in [3.63, 3.8) is 0 Å². The van der Waals surface area contributed by atoms with Crippen LogP contribution in [0.2, 0.25) is 5.02 Å². The quantitative estimate of drug-likeness (QED) is 0.771. The topological polar surface area (TPSA) is 3.24 Å². The minimum absolute atomic E-state index is 0.712. The van der Waals surface area contributed by atoms with E-state index in [1.165, 1.54) is 37.9 Å². The van der Waals surface area contributed by atoms with Gasteiger partial charge in [-0.05, 0) is 56.5 Å². The zero-order chi connectivity index (χ0) is 11.4. The molecule has 16 heavy (non-hydrogen) atoms. The Kier molecular flexibility index (Phi) is 4.25. The lowest BCUT2D eigenvalue weighted by atomic mass is 10.0. The highest BCUT2D eigenvalue weighted by Crippen LogP contribution is 2.19. The fourth-order valence-electron chi connectivity index (χ4n) is 2.53. The summed E-state index contributed by atoms with van der Waals surface area (Å²) < 4.78 is 0. The minimum Gasteiger partial charge on any atom is -0.300 e. The van der Waals surface area contributed by atoms with Crippen LogP contribution in [0.4, 0.5) is 0 Å². The second kappa shape index (κ2) is 5.70. The maximum absolute atomic E-state index is 5.90. The first-order chi connectivity index (χ1) is 7.79. The highest BCUT2D eigenvalue weighted by Gasteiger charge is 2.20. The van der Waals surface area contributed by atoms with E-state index in [-0.39, 0.29) is 0 Å². The molecule has 0 spiro atoms. The second-order valence-electron chi connectivity index (χ2n) is 4.64. The Morgan fingerprint density at radius 3 is 2.38 bits per heavy atom. The van der Waals surface area contributed by atoms with Crippen LogP contribution in [-0.4, -0.2) is 24.0 Å². The van der Waals surface area contributed by atoms with Gasteiger partial charge in [-0.15, -0.1) is 0 Å². The number of nitrogens with zero attached hydrogens (tertiary/aromatic N) is 1. The number of benzene rings is 1. The Bertz CT molecular complexity index is 314. The number of hydrogen-bond acceptors (Lipinski definition) is 1. The molecule has 1 aliphatic rings. The van der Waals surface area contributed by atoms with Gasteiger partial charge in [0.05, 0.1) is 0 Å². The fraction of sp³-hybridized carbons (Fsp3) is 0.571. The summed E-state index contributed by atoms with van der Waals surface area (Å²) >= 11 is 5.90. The van der Waals surface area contributed by atoms with Crippen molar-refractivity contribution in [2.75, 3.05) is 13.1 Å². The Morgan fingerprint density at radius 2 is 1.81 bits per heavy atom. The van der Waals surface area contributed by atoms with Gasteiger partial charge < -0.3 is 4.90 Å². The van der Waals surface area contributed by atoms with Gasteiger partial charge in [-0.25, -0.2) is 0 Å². The zero-order valence-electron chi connectivity index (χ0n) is 9.95. The summed E-state index contributed by atoms with van der Waals surface area (Å²) in [6, 6.07) is 9.01. The second-order valence-corrected chi connectivity index (χ2v) is 5.07. The summed E-state index contributed by atoms with van der Waals surface area (Å²) in [5.74, 6) is 0. The fourth-order valence-corrected chi connectivity index (χ4v) is 2.66. The molecule has 1 unspecified atom stereocenters. The molecular formula is C14H20ClN. The van der Waals surface area contributed by atoms with Crippen LogP contribution in [0.3, 0.4) is 0 Å². The average molecular weight is 238 g/mol. The first kappa shape index (κ1) is 11.9. The van der Waals surface area contributed by atoms with Gasteiger partial charge in [0.25, 0.3) is 0 Å². The summed E-state index contributed by atoms with van der Waals surface area (Å²) in [4.78, 5) is 2.63. The SMILES string of the molecule is CCC(Cc1ccc(Cl)cc1)N1CCCC1. The van der Waals surface area contributed by atoms with Crippen LogP contribution in [-0.2, 0) is 6.42 Å². The maximum atomic E-state index is 5.90. The van der Waals surface area contributed by atoms with Crippen molar-refractivity contribution in [3.8, 4) is 0 Å². The molecule has 1 nitrogen and oxygen atoms in total. The van der Waals surface area contributed by atoms with Crippen molar-refractivity contribution < 1.29 is 0 Å². The largest absolute Gasteiger partial charge is 0.300 e. The molecule has 0 radical (unpaired) electrons. The molecule has 2 heteroatoms. The van der Waals surface area contributed by atoms with Crippen molar-refractivity contribution >= 4 is 11.6 Å². The smallest absolute Gasteiger partial charge is 0.0406 e. The molecule has 0 aromatic heterocycles. The van der Waals surface area contributed by atoms with Gasteiger partial charge in [0.2, 0.25) is 0 Å². The van der Waals surface area contributed by atoms with Gasteiger partial charge in [0.1, 0.15) is 0 Å². The maximum Gasteiger partial charge on any atom is 0.0406 e. The molecule has 1 saturated heterocycles. The van der Waals surface area contributed by atoms with Crippen molar-refractivity contribution in [2.24, 2.45) is 0 Å². The third-order valence-corrected chi connectivity index (χ3v) is 3.76. The minimum atomic E-state index is 0.712. The molecule has 1 aromatic carbocycles. The van der Waals surface area contributed by atoms with Crippen LogP contribution in [0.1, 0.15) is 31.7 Å². The lowest BCUT2D eigenvalue weighted by Crippen LogP contribution is -2.33. The van der Waals surface area contributed by atoms with Crippen LogP contribution in [0, 0.1) is 0 Å². The third kappa shape index (κ3) is 2.99. The van der Waals surface area contributed by atoms with E-state index in [4.69, 9.17) is 11.6 Å². The molecule has 0 saturated carbocycles. The summed E-state index contributed by atoms with van der Waals surface area (Å²) in [6.07, 6.45) is 5.14. The van der Waals surface area contributed by atoms with Gasteiger partial charge in [0.15, 0.2) is 0 Å². The molecular weight excluding hydrogens is 218 g/mol. The highest BCUT2D eigenvalue weighted by atomic mass is 35.5.